The van der Waals surface area contributed by atoms with Gasteiger partial charge in [0.1, 0.15) is 0 Å². The van der Waals surface area contributed by atoms with Gasteiger partial charge in [-0.15, -0.1) is 11.3 Å². The molecule has 1 aromatic heterocycles. The molecule has 1 heterocycles. The molecule has 0 spiro atoms. The van der Waals surface area contributed by atoms with Crippen molar-refractivity contribution in [2.24, 2.45) is 0 Å². The minimum absolute atomic E-state index is 0.258. The van der Waals surface area contributed by atoms with Crippen LogP contribution in [0.15, 0.2) is 12.1 Å². The second-order valence-electron chi connectivity index (χ2n) is 2.76. The third kappa shape index (κ3) is 2.47. The number of aliphatic hydroxyl groups excluding tert-OH is 1. The fraction of sp³-hybridized carbons (Fsp3) is 0.556. The van der Waals surface area contributed by atoms with Gasteiger partial charge < -0.3 is 5.11 Å². The van der Waals surface area contributed by atoms with Crippen LogP contribution in [-0.4, -0.2) is 11.7 Å². The second kappa shape index (κ2) is 4.85. The molecule has 1 atom stereocenters. The SMILES string of the molecule is CCC(CCO)c1ccc(Cl)s1. The molecule has 1 rings (SSSR count). The molecular formula is C9H13ClOS. The lowest BCUT2D eigenvalue weighted by atomic mass is 10.0. The Morgan fingerprint density at radius 3 is 2.75 bits per heavy atom. The minimum Gasteiger partial charge on any atom is -0.396 e. The average molecular weight is 205 g/mol. The first-order chi connectivity index (χ1) is 5.77. The molecule has 12 heavy (non-hydrogen) atoms. The quantitative estimate of drug-likeness (QED) is 0.798. The summed E-state index contributed by atoms with van der Waals surface area (Å²) in [6.45, 7) is 2.39. The molecule has 0 saturated heterocycles. The smallest absolute Gasteiger partial charge is 0.0931 e. The van der Waals surface area contributed by atoms with Crippen LogP contribution >= 0.6 is 22.9 Å². The molecule has 0 bridgehead atoms. The monoisotopic (exact) mass is 204 g/mol. The van der Waals surface area contributed by atoms with Gasteiger partial charge in [0.05, 0.1) is 4.34 Å². The fourth-order valence-corrected chi connectivity index (χ4v) is 2.53. The van der Waals surface area contributed by atoms with E-state index in [9.17, 15) is 0 Å². The minimum atomic E-state index is 0.258. The van der Waals surface area contributed by atoms with Crippen molar-refractivity contribution in [3.8, 4) is 0 Å². The van der Waals surface area contributed by atoms with E-state index in [4.69, 9.17) is 16.7 Å². The number of thiophene rings is 1. The molecule has 1 nitrogen and oxygen atoms in total. The molecule has 0 aromatic carbocycles. The van der Waals surface area contributed by atoms with Crippen molar-refractivity contribution in [2.45, 2.75) is 25.7 Å². The van der Waals surface area contributed by atoms with Gasteiger partial charge in [0.2, 0.25) is 0 Å². The van der Waals surface area contributed by atoms with Gasteiger partial charge in [-0.25, -0.2) is 0 Å². The van der Waals surface area contributed by atoms with Crippen LogP contribution in [0, 0.1) is 0 Å². The van der Waals surface area contributed by atoms with Crippen molar-refractivity contribution < 1.29 is 5.11 Å². The van der Waals surface area contributed by atoms with Crippen LogP contribution in [0.2, 0.25) is 4.34 Å². The second-order valence-corrected chi connectivity index (χ2v) is 4.51. The highest BCUT2D eigenvalue weighted by Gasteiger charge is 2.10. The molecule has 3 heteroatoms. The zero-order valence-electron chi connectivity index (χ0n) is 7.09. The lowest BCUT2D eigenvalue weighted by molar-refractivity contribution is 0.275. The molecule has 0 radical (unpaired) electrons. The van der Waals surface area contributed by atoms with Crippen LogP contribution in [0.3, 0.4) is 0 Å². The predicted molar refractivity (Wildman–Crippen MR) is 54.1 cm³/mol. The molecule has 68 valence electrons. The summed E-state index contributed by atoms with van der Waals surface area (Å²) >= 11 is 7.43. The van der Waals surface area contributed by atoms with Crippen LogP contribution < -0.4 is 0 Å². The van der Waals surface area contributed by atoms with E-state index in [1.807, 2.05) is 6.07 Å². The maximum Gasteiger partial charge on any atom is 0.0931 e. The summed E-state index contributed by atoms with van der Waals surface area (Å²) in [6, 6.07) is 3.97. The van der Waals surface area contributed by atoms with E-state index in [2.05, 4.69) is 13.0 Å². The van der Waals surface area contributed by atoms with E-state index in [1.165, 1.54) is 4.88 Å². The van der Waals surface area contributed by atoms with E-state index in [-0.39, 0.29) is 6.61 Å². The van der Waals surface area contributed by atoms with Gasteiger partial charge in [-0.3, -0.25) is 0 Å². The van der Waals surface area contributed by atoms with Crippen LogP contribution in [0.5, 0.6) is 0 Å². The third-order valence-corrected chi connectivity index (χ3v) is 3.36. The molecule has 0 aliphatic heterocycles. The van der Waals surface area contributed by atoms with E-state index in [0.717, 1.165) is 17.2 Å². The molecule has 1 aromatic rings. The number of halogens is 1. The molecule has 0 aliphatic rings. The maximum absolute atomic E-state index is 8.81. The Bertz CT molecular complexity index is 234. The fourth-order valence-electron chi connectivity index (χ4n) is 1.25. The Morgan fingerprint density at radius 2 is 2.33 bits per heavy atom. The van der Waals surface area contributed by atoms with Crippen LogP contribution in [0.25, 0.3) is 0 Å². The molecular weight excluding hydrogens is 192 g/mol. The van der Waals surface area contributed by atoms with Crippen LogP contribution in [0.4, 0.5) is 0 Å². The zero-order valence-corrected chi connectivity index (χ0v) is 8.66. The van der Waals surface area contributed by atoms with Gasteiger partial charge in [0.25, 0.3) is 0 Å². The average Bonchev–Trinajstić information content (AvgIpc) is 2.47. The first kappa shape index (κ1) is 10.0. The number of hydrogen-bond acceptors (Lipinski definition) is 2. The largest absolute Gasteiger partial charge is 0.396 e. The summed E-state index contributed by atoms with van der Waals surface area (Å²) in [7, 11) is 0. The van der Waals surface area contributed by atoms with E-state index in [1.54, 1.807) is 11.3 Å². The number of hydrogen-bond donors (Lipinski definition) is 1. The molecule has 0 fully saturated rings. The predicted octanol–water partition coefficient (Wildman–Crippen LogP) is 3.28. The molecule has 0 amide bonds. The van der Waals surface area contributed by atoms with Gasteiger partial charge in [0, 0.05) is 11.5 Å². The molecule has 1 unspecified atom stereocenters. The topological polar surface area (TPSA) is 20.2 Å². The van der Waals surface area contributed by atoms with Crippen molar-refractivity contribution in [1.29, 1.82) is 0 Å². The van der Waals surface area contributed by atoms with E-state index in [0.29, 0.717) is 5.92 Å². The van der Waals surface area contributed by atoms with Crippen molar-refractivity contribution in [1.82, 2.24) is 0 Å². The highest BCUT2D eigenvalue weighted by Crippen LogP contribution is 2.31. The van der Waals surface area contributed by atoms with Gasteiger partial charge in [0.15, 0.2) is 0 Å². The van der Waals surface area contributed by atoms with Crippen molar-refractivity contribution >= 4 is 22.9 Å². The molecule has 0 saturated carbocycles. The van der Waals surface area contributed by atoms with E-state index >= 15 is 0 Å². The van der Waals surface area contributed by atoms with Crippen molar-refractivity contribution in [2.75, 3.05) is 6.61 Å². The Hall–Kier alpha value is -0.0500. The summed E-state index contributed by atoms with van der Waals surface area (Å²) in [5, 5.41) is 8.81. The first-order valence-electron chi connectivity index (χ1n) is 4.14. The van der Waals surface area contributed by atoms with Gasteiger partial charge >= 0.3 is 0 Å². The summed E-state index contributed by atoms with van der Waals surface area (Å²) in [6.07, 6.45) is 1.91. The Morgan fingerprint density at radius 1 is 1.58 bits per heavy atom. The van der Waals surface area contributed by atoms with Crippen molar-refractivity contribution in [3.63, 3.8) is 0 Å². The maximum atomic E-state index is 8.81. The van der Waals surface area contributed by atoms with Gasteiger partial charge in [-0.1, -0.05) is 18.5 Å². The Balaban J connectivity index is 2.66. The zero-order chi connectivity index (χ0) is 8.97. The van der Waals surface area contributed by atoms with Crippen LogP contribution in [0.1, 0.15) is 30.6 Å². The summed E-state index contributed by atoms with van der Waals surface area (Å²) in [5.74, 6) is 0.479. The lowest BCUT2D eigenvalue weighted by Gasteiger charge is -2.09. The molecule has 0 aliphatic carbocycles. The first-order valence-corrected chi connectivity index (χ1v) is 5.33. The van der Waals surface area contributed by atoms with Crippen molar-refractivity contribution in [3.05, 3.63) is 21.3 Å². The third-order valence-electron chi connectivity index (χ3n) is 1.97. The summed E-state index contributed by atoms with van der Waals surface area (Å²) in [5.41, 5.74) is 0. The number of rotatable bonds is 4. The van der Waals surface area contributed by atoms with Gasteiger partial charge in [-0.2, -0.15) is 0 Å². The highest BCUT2D eigenvalue weighted by atomic mass is 35.5. The summed E-state index contributed by atoms with van der Waals surface area (Å²) < 4.78 is 0.835. The molecule has 1 N–H and O–H groups in total. The van der Waals surface area contributed by atoms with Crippen LogP contribution in [-0.2, 0) is 0 Å². The number of aliphatic hydroxyl groups is 1. The Kier molecular flexibility index (Phi) is 4.06. The lowest BCUT2D eigenvalue weighted by Crippen LogP contribution is -1.97. The Labute approximate surface area is 82.0 Å². The van der Waals surface area contributed by atoms with E-state index < -0.39 is 0 Å². The van der Waals surface area contributed by atoms with Gasteiger partial charge in [-0.05, 0) is 30.9 Å². The highest BCUT2D eigenvalue weighted by molar-refractivity contribution is 7.16. The normalized spacial score (nSPS) is 13.2. The standard InChI is InChI=1S/C9H13ClOS/c1-2-7(5-6-11)8-3-4-9(10)12-8/h3-4,7,11H,2,5-6H2,1H3. The summed E-state index contributed by atoms with van der Waals surface area (Å²) in [4.78, 5) is 1.29.